The molecule has 1 unspecified atom stereocenters. The maximum atomic E-state index is 13.8. The number of ether oxygens (including phenoxy) is 3. The van der Waals surface area contributed by atoms with Crippen LogP contribution in [0.5, 0.6) is 11.5 Å². The minimum atomic E-state index is -0.497. The summed E-state index contributed by atoms with van der Waals surface area (Å²) in [6.45, 7) is 1.40. The third kappa shape index (κ3) is 6.47. The van der Waals surface area contributed by atoms with Gasteiger partial charge in [-0.15, -0.1) is 11.3 Å². The van der Waals surface area contributed by atoms with Crippen LogP contribution in [0.1, 0.15) is 33.3 Å². The van der Waals surface area contributed by atoms with Crippen molar-refractivity contribution in [3.8, 4) is 11.5 Å². The SMILES string of the molecule is COCCCN(CC(=O)N1CCc2sccc2C1COc1ccccc1OC)C(=O)c1cccc(F)c1. The average Bonchev–Trinajstić information content (AvgIpc) is 3.40. The van der Waals surface area contributed by atoms with E-state index >= 15 is 0 Å². The van der Waals surface area contributed by atoms with Crippen molar-refractivity contribution in [3.63, 3.8) is 0 Å². The van der Waals surface area contributed by atoms with Crippen LogP contribution in [0.3, 0.4) is 0 Å². The third-order valence-electron chi connectivity index (χ3n) is 6.34. The average molecular weight is 527 g/mol. The van der Waals surface area contributed by atoms with E-state index in [-0.39, 0.29) is 36.6 Å². The summed E-state index contributed by atoms with van der Waals surface area (Å²) < 4.78 is 30.5. The number of benzene rings is 2. The molecule has 2 amide bonds. The number of para-hydroxylation sites is 2. The van der Waals surface area contributed by atoms with Crippen LogP contribution in [-0.4, -0.2) is 68.7 Å². The van der Waals surface area contributed by atoms with E-state index in [0.29, 0.717) is 37.6 Å². The molecule has 0 spiro atoms. The molecule has 7 nitrogen and oxygen atoms in total. The zero-order valence-corrected chi connectivity index (χ0v) is 21.8. The van der Waals surface area contributed by atoms with E-state index in [9.17, 15) is 14.0 Å². The number of carbonyl (C=O) groups is 2. The largest absolute Gasteiger partial charge is 0.493 e. The Bertz CT molecular complexity index is 1220. The summed E-state index contributed by atoms with van der Waals surface area (Å²) in [5, 5.41) is 2.03. The summed E-state index contributed by atoms with van der Waals surface area (Å²) in [6.07, 6.45) is 1.30. The molecule has 0 N–H and O–H groups in total. The van der Waals surface area contributed by atoms with E-state index in [1.165, 1.54) is 28.0 Å². The number of nitrogens with zero attached hydrogens (tertiary/aromatic N) is 2. The van der Waals surface area contributed by atoms with Gasteiger partial charge in [0.25, 0.3) is 5.91 Å². The van der Waals surface area contributed by atoms with Crippen LogP contribution in [0.25, 0.3) is 0 Å². The monoisotopic (exact) mass is 526 g/mol. The molecule has 1 aliphatic heterocycles. The summed E-state index contributed by atoms with van der Waals surface area (Å²) in [7, 11) is 3.17. The van der Waals surface area contributed by atoms with Gasteiger partial charge in [0.15, 0.2) is 11.5 Å². The first kappa shape index (κ1) is 26.6. The Morgan fingerprint density at radius 3 is 2.68 bits per heavy atom. The van der Waals surface area contributed by atoms with Crippen LogP contribution in [0.2, 0.25) is 0 Å². The molecule has 4 rings (SSSR count). The van der Waals surface area contributed by atoms with Crippen LogP contribution in [0, 0.1) is 5.82 Å². The van der Waals surface area contributed by atoms with Crippen molar-refractivity contribution < 1.29 is 28.2 Å². The number of amides is 2. The first-order valence-corrected chi connectivity index (χ1v) is 13.0. The quantitative estimate of drug-likeness (QED) is 0.342. The summed E-state index contributed by atoms with van der Waals surface area (Å²) in [5.74, 6) is 0.143. The summed E-state index contributed by atoms with van der Waals surface area (Å²) in [4.78, 5) is 31.4. The van der Waals surface area contributed by atoms with Gasteiger partial charge in [0.05, 0.1) is 13.2 Å². The summed E-state index contributed by atoms with van der Waals surface area (Å²) in [5.41, 5.74) is 1.27. The minimum Gasteiger partial charge on any atom is -0.493 e. The number of thiophene rings is 1. The normalized spacial score (nSPS) is 14.7. The molecule has 1 atom stereocenters. The van der Waals surface area contributed by atoms with Crippen molar-refractivity contribution in [2.24, 2.45) is 0 Å². The van der Waals surface area contributed by atoms with Gasteiger partial charge in [0.2, 0.25) is 5.91 Å². The Morgan fingerprint density at radius 1 is 1.11 bits per heavy atom. The van der Waals surface area contributed by atoms with Crippen LogP contribution < -0.4 is 9.47 Å². The highest BCUT2D eigenvalue weighted by Gasteiger charge is 2.34. The number of carbonyl (C=O) groups excluding carboxylic acids is 2. The molecule has 2 aromatic carbocycles. The lowest BCUT2D eigenvalue weighted by molar-refractivity contribution is -0.135. The molecule has 1 aromatic heterocycles. The number of fused-ring (bicyclic) bond motifs is 1. The number of rotatable bonds is 11. The second-order valence-corrected chi connectivity index (χ2v) is 9.70. The first-order chi connectivity index (χ1) is 18.0. The molecule has 0 bridgehead atoms. The second kappa shape index (κ2) is 12.7. The van der Waals surface area contributed by atoms with Crippen molar-refractivity contribution in [1.29, 1.82) is 0 Å². The van der Waals surface area contributed by atoms with Crippen LogP contribution in [0.15, 0.2) is 60.0 Å². The van der Waals surface area contributed by atoms with E-state index in [4.69, 9.17) is 14.2 Å². The topological polar surface area (TPSA) is 68.3 Å². The van der Waals surface area contributed by atoms with Crippen LogP contribution in [0.4, 0.5) is 4.39 Å². The van der Waals surface area contributed by atoms with Gasteiger partial charge in [-0.05, 0) is 60.2 Å². The molecular weight excluding hydrogens is 495 g/mol. The van der Waals surface area contributed by atoms with Gasteiger partial charge in [-0.2, -0.15) is 0 Å². The van der Waals surface area contributed by atoms with Gasteiger partial charge < -0.3 is 24.0 Å². The van der Waals surface area contributed by atoms with E-state index in [1.807, 2.05) is 35.7 Å². The first-order valence-electron chi connectivity index (χ1n) is 12.2. The molecule has 196 valence electrons. The van der Waals surface area contributed by atoms with E-state index < -0.39 is 5.82 Å². The standard InChI is InChI=1S/C28H31FN2O5S/c1-34-15-6-13-30(28(33)20-7-5-8-21(29)17-20)18-27(32)31-14-11-26-22(12-16-37-26)23(31)19-36-25-10-4-3-9-24(25)35-2/h3-5,7-10,12,16-17,23H,6,11,13-15,18-19H2,1-2H3. The Kier molecular flexibility index (Phi) is 9.14. The lowest BCUT2D eigenvalue weighted by Crippen LogP contribution is -2.48. The van der Waals surface area contributed by atoms with Crippen molar-refractivity contribution in [2.75, 3.05) is 47.1 Å². The van der Waals surface area contributed by atoms with E-state index in [1.54, 1.807) is 36.5 Å². The Labute approximate surface area is 220 Å². The summed E-state index contributed by atoms with van der Waals surface area (Å²) in [6, 6.07) is 14.6. The van der Waals surface area contributed by atoms with Crippen LogP contribution >= 0.6 is 11.3 Å². The third-order valence-corrected chi connectivity index (χ3v) is 7.34. The summed E-state index contributed by atoms with van der Waals surface area (Å²) >= 11 is 1.67. The fourth-order valence-electron chi connectivity index (χ4n) is 4.49. The lowest BCUT2D eigenvalue weighted by atomic mass is 10.0. The molecule has 37 heavy (non-hydrogen) atoms. The smallest absolute Gasteiger partial charge is 0.254 e. The van der Waals surface area contributed by atoms with Crippen LogP contribution in [-0.2, 0) is 16.0 Å². The Balaban J connectivity index is 1.54. The van der Waals surface area contributed by atoms with Crippen molar-refractivity contribution in [1.82, 2.24) is 9.80 Å². The highest BCUT2D eigenvalue weighted by atomic mass is 32.1. The predicted octanol–water partition coefficient (Wildman–Crippen LogP) is 4.58. The highest BCUT2D eigenvalue weighted by molar-refractivity contribution is 7.10. The minimum absolute atomic E-state index is 0.121. The number of hydrogen-bond acceptors (Lipinski definition) is 6. The fraction of sp³-hybridized carbons (Fsp3) is 0.357. The zero-order valence-electron chi connectivity index (χ0n) is 21.0. The number of hydrogen-bond donors (Lipinski definition) is 0. The molecule has 2 heterocycles. The molecule has 0 saturated carbocycles. The molecule has 1 aliphatic rings. The molecule has 3 aromatic rings. The van der Waals surface area contributed by atoms with Gasteiger partial charge in [0, 0.05) is 37.2 Å². The molecule has 0 aliphatic carbocycles. The molecule has 0 saturated heterocycles. The van der Waals surface area contributed by atoms with Crippen molar-refractivity contribution >= 4 is 23.2 Å². The van der Waals surface area contributed by atoms with Gasteiger partial charge >= 0.3 is 0 Å². The highest BCUT2D eigenvalue weighted by Crippen LogP contribution is 2.35. The van der Waals surface area contributed by atoms with E-state index in [0.717, 1.165) is 12.0 Å². The van der Waals surface area contributed by atoms with E-state index in [2.05, 4.69) is 0 Å². The molecule has 0 radical (unpaired) electrons. The molecule has 0 fully saturated rings. The van der Waals surface area contributed by atoms with Gasteiger partial charge in [-0.25, -0.2) is 4.39 Å². The van der Waals surface area contributed by atoms with Crippen molar-refractivity contribution in [2.45, 2.75) is 18.9 Å². The molecule has 9 heteroatoms. The zero-order chi connectivity index (χ0) is 26.2. The maximum Gasteiger partial charge on any atom is 0.254 e. The second-order valence-electron chi connectivity index (χ2n) is 8.70. The Hall–Kier alpha value is -3.43. The van der Waals surface area contributed by atoms with Gasteiger partial charge in [-0.3, -0.25) is 9.59 Å². The predicted molar refractivity (Wildman–Crippen MR) is 140 cm³/mol. The maximum absolute atomic E-state index is 13.8. The number of halogens is 1. The lowest BCUT2D eigenvalue weighted by Gasteiger charge is -2.37. The van der Waals surface area contributed by atoms with Crippen molar-refractivity contribution in [3.05, 3.63) is 81.8 Å². The van der Waals surface area contributed by atoms with Gasteiger partial charge in [-0.1, -0.05) is 18.2 Å². The fourth-order valence-corrected chi connectivity index (χ4v) is 5.42. The number of methoxy groups -OCH3 is 2. The van der Waals surface area contributed by atoms with Gasteiger partial charge in [0.1, 0.15) is 19.0 Å². The Morgan fingerprint density at radius 2 is 1.92 bits per heavy atom. The molecular formula is C28H31FN2O5S.